The molecule has 0 radical (unpaired) electrons. The molecule has 1 saturated heterocycles. The first kappa shape index (κ1) is 25.4. The Kier molecular flexibility index (Phi) is 7.02. The van der Waals surface area contributed by atoms with Gasteiger partial charge in [-0.2, -0.15) is 0 Å². The van der Waals surface area contributed by atoms with Crippen LogP contribution in [0.3, 0.4) is 0 Å². The van der Waals surface area contributed by atoms with E-state index in [-0.39, 0.29) is 11.5 Å². The van der Waals surface area contributed by atoms with Crippen molar-refractivity contribution in [3.8, 4) is 21.7 Å². The van der Waals surface area contributed by atoms with Gasteiger partial charge in [0.1, 0.15) is 16.5 Å². The number of nitrogens with zero attached hydrogens (tertiary/aromatic N) is 2. The fraction of sp³-hybridized carbons (Fsp3) is 0.231. The lowest BCUT2D eigenvalue weighted by molar-refractivity contribution is 0.0853. The summed E-state index contributed by atoms with van der Waals surface area (Å²) >= 11 is 1.46. The maximum atomic E-state index is 15.8. The first-order valence-corrected chi connectivity index (χ1v) is 13.8. The van der Waals surface area contributed by atoms with Gasteiger partial charge >= 0.3 is 0 Å². The number of hydrogen-bond acceptors (Lipinski definition) is 6. The van der Waals surface area contributed by atoms with Gasteiger partial charge in [0.15, 0.2) is 5.82 Å². The van der Waals surface area contributed by atoms with Crippen molar-refractivity contribution < 1.29 is 26.3 Å². The fourth-order valence-electron chi connectivity index (χ4n) is 4.20. The Bertz CT molecular complexity index is 1570. The Morgan fingerprint density at radius 3 is 2.59 bits per heavy atom. The SMILES string of the molecule is Cc1cc(-c2sc(C3CCOCC3)nc2-c2cccc(NS(=O)(=O)c3cc(F)ccc3F)c2F)ccn1. The molecular formula is C26H22F3N3O3S2. The zero-order valence-electron chi connectivity index (χ0n) is 19.7. The Morgan fingerprint density at radius 1 is 1.05 bits per heavy atom. The molecule has 11 heteroatoms. The Labute approximate surface area is 216 Å². The first-order valence-electron chi connectivity index (χ1n) is 11.5. The molecule has 1 fully saturated rings. The maximum absolute atomic E-state index is 15.8. The van der Waals surface area contributed by atoms with Crippen LogP contribution >= 0.6 is 11.3 Å². The Morgan fingerprint density at radius 2 is 1.84 bits per heavy atom. The van der Waals surface area contributed by atoms with E-state index in [9.17, 15) is 17.2 Å². The molecule has 37 heavy (non-hydrogen) atoms. The molecule has 0 unspecified atom stereocenters. The van der Waals surface area contributed by atoms with E-state index >= 15 is 4.39 Å². The lowest BCUT2D eigenvalue weighted by Gasteiger charge is -2.19. The molecule has 4 aromatic rings. The second kappa shape index (κ2) is 10.2. The molecule has 1 N–H and O–H groups in total. The lowest BCUT2D eigenvalue weighted by atomic mass is 10.0. The van der Waals surface area contributed by atoms with Gasteiger partial charge in [0.25, 0.3) is 10.0 Å². The highest BCUT2D eigenvalue weighted by Gasteiger charge is 2.27. The molecule has 0 aliphatic carbocycles. The van der Waals surface area contributed by atoms with Gasteiger partial charge < -0.3 is 4.74 Å². The zero-order valence-corrected chi connectivity index (χ0v) is 21.3. The molecule has 192 valence electrons. The molecule has 0 amide bonds. The quantitative estimate of drug-likeness (QED) is 0.308. The minimum atomic E-state index is -4.61. The van der Waals surface area contributed by atoms with Crippen molar-refractivity contribution in [1.29, 1.82) is 0 Å². The molecule has 1 aliphatic heterocycles. The normalized spacial score (nSPS) is 14.6. The monoisotopic (exact) mass is 545 g/mol. The maximum Gasteiger partial charge on any atom is 0.265 e. The Balaban J connectivity index is 1.59. The summed E-state index contributed by atoms with van der Waals surface area (Å²) in [6, 6.07) is 9.95. The van der Waals surface area contributed by atoms with E-state index in [4.69, 9.17) is 9.72 Å². The molecule has 3 heterocycles. The molecule has 2 aromatic heterocycles. The van der Waals surface area contributed by atoms with Gasteiger partial charge in [0, 0.05) is 36.6 Å². The van der Waals surface area contributed by atoms with Crippen LogP contribution in [0.2, 0.25) is 0 Å². The predicted molar refractivity (Wildman–Crippen MR) is 135 cm³/mol. The highest BCUT2D eigenvalue weighted by molar-refractivity contribution is 7.92. The minimum absolute atomic E-state index is 0.0824. The van der Waals surface area contributed by atoms with Crippen molar-refractivity contribution in [3.05, 3.63) is 82.9 Å². The number of thiazole rings is 1. The molecule has 0 spiro atoms. The third kappa shape index (κ3) is 5.25. The zero-order chi connectivity index (χ0) is 26.2. The van der Waals surface area contributed by atoms with E-state index in [0.717, 1.165) is 40.1 Å². The standard InChI is InChI=1S/C26H22F3N3O3S2/c1-15-13-17(7-10-30-15)25-24(31-26(36-25)16-8-11-35-12-9-16)19-3-2-4-21(23(19)29)32-37(33,34)22-14-18(27)5-6-20(22)28/h2-7,10,13-14,16,32H,8-9,11-12H2,1H3. The summed E-state index contributed by atoms with van der Waals surface area (Å²) in [5.74, 6) is -2.80. The molecule has 0 saturated carbocycles. The smallest absolute Gasteiger partial charge is 0.265 e. The topological polar surface area (TPSA) is 81.2 Å². The third-order valence-corrected chi connectivity index (χ3v) is 8.70. The number of ether oxygens (including phenoxy) is 1. The van der Waals surface area contributed by atoms with E-state index < -0.39 is 38.1 Å². The average Bonchev–Trinajstić information content (AvgIpc) is 3.32. The number of pyridine rings is 1. The van der Waals surface area contributed by atoms with Crippen LogP contribution < -0.4 is 4.72 Å². The number of rotatable bonds is 6. The van der Waals surface area contributed by atoms with E-state index in [1.54, 1.807) is 6.20 Å². The molecular weight excluding hydrogens is 523 g/mol. The number of aryl methyl sites for hydroxylation is 1. The number of aromatic nitrogens is 2. The van der Waals surface area contributed by atoms with Crippen LogP contribution in [-0.2, 0) is 14.8 Å². The van der Waals surface area contributed by atoms with Crippen molar-refractivity contribution >= 4 is 27.0 Å². The highest BCUT2D eigenvalue weighted by atomic mass is 32.2. The van der Waals surface area contributed by atoms with Crippen LogP contribution in [-0.4, -0.2) is 31.6 Å². The number of hydrogen-bond donors (Lipinski definition) is 1. The number of benzene rings is 2. The van der Waals surface area contributed by atoms with Crippen molar-refractivity contribution in [2.24, 2.45) is 0 Å². The van der Waals surface area contributed by atoms with Crippen LogP contribution in [0.5, 0.6) is 0 Å². The fourth-order valence-corrected chi connectivity index (χ4v) is 6.59. The summed E-state index contributed by atoms with van der Waals surface area (Å²) in [6.45, 7) is 3.09. The molecule has 6 nitrogen and oxygen atoms in total. The summed E-state index contributed by atoms with van der Waals surface area (Å²) in [7, 11) is -4.61. The summed E-state index contributed by atoms with van der Waals surface area (Å²) in [6.07, 6.45) is 3.25. The molecule has 1 aliphatic rings. The number of anilines is 1. The molecule has 0 bridgehead atoms. The first-order chi connectivity index (χ1) is 17.7. The molecule has 0 atom stereocenters. The second-order valence-corrected chi connectivity index (χ2v) is 11.3. The third-order valence-electron chi connectivity index (χ3n) is 6.05. The van der Waals surface area contributed by atoms with Crippen LogP contribution in [0.25, 0.3) is 21.7 Å². The molecule has 5 rings (SSSR count). The Hall–Kier alpha value is -3.28. The lowest BCUT2D eigenvalue weighted by Crippen LogP contribution is -2.16. The van der Waals surface area contributed by atoms with Gasteiger partial charge in [-0.1, -0.05) is 6.07 Å². The van der Waals surface area contributed by atoms with Gasteiger partial charge in [-0.05, 0) is 67.8 Å². The van der Waals surface area contributed by atoms with Crippen LogP contribution in [0, 0.1) is 24.4 Å². The van der Waals surface area contributed by atoms with Gasteiger partial charge in [0.05, 0.1) is 21.3 Å². The van der Waals surface area contributed by atoms with Crippen LogP contribution in [0.4, 0.5) is 18.9 Å². The van der Waals surface area contributed by atoms with Gasteiger partial charge in [-0.15, -0.1) is 11.3 Å². The van der Waals surface area contributed by atoms with E-state index in [2.05, 4.69) is 9.71 Å². The largest absolute Gasteiger partial charge is 0.381 e. The highest BCUT2D eigenvalue weighted by Crippen LogP contribution is 2.43. The van der Waals surface area contributed by atoms with Crippen molar-refractivity contribution in [1.82, 2.24) is 9.97 Å². The van der Waals surface area contributed by atoms with Crippen molar-refractivity contribution in [3.63, 3.8) is 0 Å². The summed E-state index contributed by atoms with van der Waals surface area (Å²) < 4.78 is 76.7. The van der Waals surface area contributed by atoms with E-state index in [0.29, 0.717) is 31.0 Å². The average molecular weight is 546 g/mol. The van der Waals surface area contributed by atoms with Crippen molar-refractivity contribution in [2.45, 2.75) is 30.6 Å². The summed E-state index contributed by atoms with van der Waals surface area (Å²) in [4.78, 5) is 8.85. The predicted octanol–water partition coefficient (Wildman–Crippen LogP) is 6.29. The second-order valence-electron chi connectivity index (χ2n) is 8.65. The van der Waals surface area contributed by atoms with E-state index in [1.807, 2.05) is 19.1 Å². The number of halogens is 3. The molecule has 2 aromatic carbocycles. The van der Waals surface area contributed by atoms with Crippen molar-refractivity contribution in [2.75, 3.05) is 17.9 Å². The van der Waals surface area contributed by atoms with Gasteiger partial charge in [0.2, 0.25) is 0 Å². The minimum Gasteiger partial charge on any atom is -0.381 e. The number of sulfonamides is 1. The number of nitrogens with one attached hydrogen (secondary N) is 1. The summed E-state index contributed by atoms with van der Waals surface area (Å²) in [5, 5.41) is 0.843. The van der Waals surface area contributed by atoms with Gasteiger partial charge in [-0.25, -0.2) is 26.6 Å². The summed E-state index contributed by atoms with van der Waals surface area (Å²) in [5.41, 5.74) is 1.64. The van der Waals surface area contributed by atoms with Gasteiger partial charge in [-0.3, -0.25) is 9.71 Å². The van der Waals surface area contributed by atoms with Crippen LogP contribution in [0.1, 0.15) is 29.5 Å². The van der Waals surface area contributed by atoms with Crippen LogP contribution in [0.15, 0.2) is 59.6 Å². The van der Waals surface area contributed by atoms with E-state index in [1.165, 1.54) is 29.5 Å².